The molecule has 0 atom stereocenters. The number of hydrogen-bond donors (Lipinski definition) is 2. The fourth-order valence-corrected chi connectivity index (χ4v) is 2.10. The van der Waals surface area contributed by atoms with Crippen molar-refractivity contribution in [2.75, 3.05) is 6.54 Å². The van der Waals surface area contributed by atoms with Crippen LogP contribution in [0.25, 0.3) is 0 Å². The number of aromatic nitrogens is 2. The maximum atomic E-state index is 11.9. The van der Waals surface area contributed by atoms with E-state index in [-0.39, 0.29) is 11.3 Å². The van der Waals surface area contributed by atoms with E-state index in [4.69, 9.17) is 5.73 Å². The molecular formula is C12H20N4O. The lowest BCUT2D eigenvalue weighted by Crippen LogP contribution is -2.36. The van der Waals surface area contributed by atoms with Crippen LogP contribution in [0.4, 0.5) is 0 Å². The van der Waals surface area contributed by atoms with Gasteiger partial charge in [-0.15, -0.1) is 0 Å². The van der Waals surface area contributed by atoms with Crippen LogP contribution in [0.15, 0.2) is 0 Å². The maximum absolute atomic E-state index is 11.9. The van der Waals surface area contributed by atoms with Crippen LogP contribution in [0.2, 0.25) is 0 Å². The van der Waals surface area contributed by atoms with E-state index in [2.05, 4.69) is 10.4 Å². The van der Waals surface area contributed by atoms with Crippen molar-refractivity contribution in [3.05, 3.63) is 17.0 Å². The van der Waals surface area contributed by atoms with Gasteiger partial charge >= 0.3 is 0 Å². The third-order valence-electron chi connectivity index (χ3n) is 3.81. The summed E-state index contributed by atoms with van der Waals surface area (Å²) < 4.78 is 1.84. The number of nitrogens with one attached hydrogen (secondary N) is 1. The normalized spacial score (nSPS) is 16.9. The van der Waals surface area contributed by atoms with Crippen molar-refractivity contribution in [1.29, 1.82) is 0 Å². The molecule has 0 saturated heterocycles. The molecule has 1 aliphatic carbocycles. The van der Waals surface area contributed by atoms with Crippen LogP contribution in [0.5, 0.6) is 0 Å². The van der Waals surface area contributed by atoms with E-state index >= 15 is 0 Å². The van der Waals surface area contributed by atoms with E-state index in [1.165, 1.54) is 0 Å². The number of nitrogens with zero attached hydrogens (tertiary/aromatic N) is 2. The van der Waals surface area contributed by atoms with Crippen molar-refractivity contribution in [2.45, 2.75) is 33.2 Å². The second kappa shape index (κ2) is 4.14. The molecule has 5 nitrogen and oxygen atoms in total. The van der Waals surface area contributed by atoms with Gasteiger partial charge < -0.3 is 11.1 Å². The largest absolute Gasteiger partial charge is 0.351 e. The van der Waals surface area contributed by atoms with Gasteiger partial charge in [-0.25, -0.2) is 0 Å². The summed E-state index contributed by atoms with van der Waals surface area (Å²) in [4.78, 5) is 11.9. The zero-order valence-corrected chi connectivity index (χ0v) is 10.7. The molecular weight excluding hydrogens is 216 g/mol. The number of amides is 1. The fraction of sp³-hybridized carbons (Fsp3) is 0.667. The Balaban J connectivity index is 2.01. The standard InChI is InChI=1S/C12H20N4O/c1-8-10(9(2)16(3)15-8)6-14-11(17)12(7-13)4-5-12/h4-7,13H2,1-3H3,(H,14,17). The predicted molar refractivity (Wildman–Crippen MR) is 65.3 cm³/mol. The molecule has 0 radical (unpaired) electrons. The minimum absolute atomic E-state index is 0.0858. The number of nitrogens with two attached hydrogens (primary N) is 1. The summed E-state index contributed by atoms with van der Waals surface area (Å²) in [5.74, 6) is 0.0858. The van der Waals surface area contributed by atoms with E-state index in [1.807, 2.05) is 25.6 Å². The Hall–Kier alpha value is -1.36. The fourth-order valence-electron chi connectivity index (χ4n) is 2.10. The van der Waals surface area contributed by atoms with Gasteiger partial charge in [-0.2, -0.15) is 5.10 Å². The van der Waals surface area contributed by atoms with E-state index in [1.54, 1.807) is 0 Å². The van der Waals surface area contributed by atoms with E-state index < -0.39 is 0 Å². The molecule has 17 heavy (non-hydrogen) atoms. The van der Waals surface area contributed by atoms with Crippen LogP contribution >= 0.6 is 0 Å². The summed E-state index contributed by atoms with van der Waals surface area (Å²) in [5.41, 5.74) is 8.53. The number of carbonyl (C=O) groups excluding carboxylic acids is 1. The molecule has 1 fully saturated rings. The molecule has 5 heteroatoms. The van der Waals surface area contributed by atoms with Crippen LogP contribution in [0, 0.1) is 19.3 Å². The highest BCUT2D eigenvalue weighted by atomic mass is 16.2. The molecule has 0 unspecified atom stereocenters. The smallest absolute Gasteiger partial charge is 0.227 e. The molecule has 1 aromatic rings. The van der Waals surface area contributed by atoms with Crippen LogP contribution in [0.1, 0.15) is 29.8 Å². The third-order valence-corrected chi connectivity index (χ3v) is 3.81. The van der Waals surface area contributed by atoms with Crippen LogP contribution < -0.4 is 11.1 Å². The minimum atomic E-state index is -0.274. The van der Waals surface area contributed by atoms with Crippen molar-refractivity contribution in [3.8, 4) is 0 Å². The molecule has 1 aromatic heterocycles. The number of rotatable bonds is 4. The van der Waals surface area contributed by atoms with Gasteiger partial charge in [0.1, 0.15) is 0 Å². The molecule has 1 aliphatic rings. The summed E-state index contributed by atoms with van der Waals surface area (Å²) in [7, 11) is 1.91. The van der Waals surface area contributed by atoms with E-state index in [0.29, 0.717) is 13.1 Å². The average molecular weight is 236 g/mol. The van der Waals surface area contributed by atoms with Crippen molar-refractivity contribution in [2.24, 2.45) is 18.2 Å². The quantitative estimate of drug-likeness (QED) is 0.794. The highest BCUT2D eigenvalue weighted by molar-refractivity contribution is 5.85. The average Bonchev–Trinajstić information content (AvgIpc) is 3.04. The van der Waals surface area contributed by atoms with Crippen LogP contribution in [0.3, 0.4) is 0 Å². The van der Waals surface area contributed by atoms with Crippen LogP contribution in [-0.2, 0) is 18.4 Å². The minimum Gasteiger partial charge on any atom is -0.351 e. The van der Waals surface area contributed by atoms with Gasteiger partial charge in [-0.1, -0.05) is 0 Å². The Morgan fingerprint density at radius 1 is 1.53 bits per heavy atom. The second-order valence-corrected chi connectivity index (χ2v) is 4.94. The molecule has 1 saturated carbocycles. The summed E-state index contributed by atoms with van der Waals surface area (Å²) in [6, 6.07) is 0. The lowest BCUT2D eigenvalue weighted by Gasteiger charge is -2.12. The Morgan fingerprint density at radius 2 is 2.18 bits per heavy atom. The lowest BCUT2D eigenvalue weighted by atomic mass is 10.1. The summed E-state index contributed by atoms with van der Waals surface area (Å²) in [5, 5.41) is 7.30. The molecule has 0 bridgehead atoms. The second-order valence-electron chi connectivity index (χ2n) is 4.94. The van der Waals surface area contributed by atoms with Gasteiger partial charge in [0.05, 0.1) is 11.1 Å². The van der Waals surface area contributed by atoms with E-state index in [0.717, 1.165) is 29.8 Å². The summed E-state index contributed by atoms with van der Waals surface area (Å²) in [6.45, 7) is 4.97. The maximum Gasteiger partial charge on any atom is 0.227 e. The molecule has 2 rings (SSSR count). The van der Waals surface area contributed by atoms with Crippen LogP contribution in [-0.4, -0.2) is 22.2 Å². The molecule has 94 valence electrons. The highest BCUT2D eigenvalue weighted by Gasteiger charge is 2.48. The van der Waals surface area contributed by atoms with Crippen molar-refractivity contribution < 1.29 is 4.79 Å². The monoisotopic (exact) mass is 236 g/mol. The first-order valence-corrected chi connectivity index (χ1v) is 5.97. The zero-order chi connectivity index (χ0) is 12.6. The molecule has 3 N–H and O–H groups in total. The Bertz CT molecular complexity index is 446. The number of aryl methyl sites for hydroxylation is 2. The Kier molecular flexibility index (Phi) is 2.95. The lowest BCUT2D eigenvalue weighted by molar-refractivity contribution is -0.126. The zero-order valence-electron chi connectivity index (χ0n) is 10.7. The summed E-state index contributed by atoms with van der Waals surface area (Å²) in [6.07, 6.45) is 1.83. The predicted octanol–water partition coefficient (Wildman–Crippen LogP) is 0.392. The van der Waals surface area contributed by atoms with Crippen molar-refractivity contribution in [3.63, 3.8) is 0 Å². The SMILES string of the molecule is Cc1nn(C)c(C)c1CNC(=O)C1(CN)CC1. The van der Waals surface area contributed by atoms with Crippen molar-refractivity contribution in [1.82, 2.24) is 15.1 Å². The Morgan fingerprint density at radius 3 is 2.59 bits per heavy atom. The van der Waals surface area contributed by atoms with Gasteiger partial charge in [0.25, 0.3) is 0 Å². The van der Waals surface area contributed by atoms with Crippen molar-refractivity contribution >= 4 is 5.91 Å². The molecule has 0 aromatic carbocycles. The third kappa shape index (κ3) is 2.07. The van der Waals surface area contributed by atoms with E-state index in [9.17, 15) is 4.79 Å². The molecule has 0 aliphatic heterocycles. The van der Waals surface area contributed by atoms with Gasteiger partial charge in [-0.3, -0.25) is 9.48 Å². The molecule has 0 spiro atoms. The number of carbonyl (C=O) groups is 1. The first-order valence-electron chi connectivity index (χ1n) is 5.97. The van der Waals surface area contributed by atoms with Gasteiger partial charge in [0.2, 0.25) is 5.91 Å². The molecule has 1 heterocycles. The topological polar surface area (TPSA) is 72.9 Å². The van der Waals surface area contributed by atoms with Gasteiger partial charge in [0.15, 0.2) is 0 Å². The summed E-state index contributed by atoms with van der Waals surface area (Å²) >= 11 is 0. The van der Waals surface area contributed by atoms with Gasteiger partial charge in [0, 0.05) is 31.4 Å². The van der Waals surface area contributed by atoms with Gasteiger partial charge in [-0.05, 0) is 26.7 Å². The first-order chi connectivity index (χ1) is 8.00. The first kappa shape index (κ1) is 12.1. The number of hydrogen-bond acceptors (Lipinski definition) is 3. The molecule has 1 amide bonds. The Labute approximate surface area is 101 Å². The highest BCUT2D eigenvalue weighted by Crippen LogP contribution is 2.44.